The molecule has 7 heteroatoms. The molecular weight excluding hydrogens is 612 g/mol. The van der Waals surface area contributed by atoms with E-state index in [0.29, 0.717) is 28.3 Å². The van der Waals surface area contributed by atoms with Crippen LogP contribution in [-0.2, 0) is 11.4 Å². The number of rotatable bonds is 11. The van der Waals surface area contributed by atoms with Crippen LogP contribution in [0.1, 0.15) is 65.8 Å². The van der Waals surface area contributed by atoms with Crippen molar-refractivity contribution in [1.82, 2.24) is 4.57 Å². The lowest BCUT2D eigenvalue weighted by Crippen LogP contribution is -2.07. The van der Waals surface area contributed by atoms with Gasteiger partial charge in [0, 0.05) is 55.0 Å². The smallest absolute Gasteiger partial charge is 0.341 e. The third-order valence-electron chi connectivity index (χ3n) is 8.34. The summed E-state index contributed by atoms with van der Waals surface area (Å²) in [4.78, 5) is 33.0. The van der Waals surface area contributed by atoms with Crippen LogP contribution in [0.3, 0.4) is 0 Å². The summed E-state index contributed by atoms with van der Waals surface area (Å²) in [7, 11) is 0. The molecule has 1 aromatic heterocycles. The Kier molecular flexibility index (Phi) is 9.86. The van der Waals surface area contributed by atoms with Gasteiger partial charge in [0.25, 0.3) is 0 Å². The van der Waals surface area contributed by atoms with E-state index in [1.165, 1.54) is 0 Å². The second-order valence-corrected chi connectivity index (χ2v) is 13.0. The van der Waals surface area contributed by atoms with Crippen molar-refractivity contribution in [3.05, 3.63) is 136 Å². The fourth-order valence-corrected chi connectivity index (χ4v) is 6.87. The number of thioether (sulfide) groups is 1. The minimum absolute atomic E-state index is 0.0529. The fraction of sp³-hybridized carbons (Fsp3) is 0.205. The molecule has 232 valence electrons. The minimum atomic E-state index is -0.498. The molecule has 0 amide bonds. The van der Waals surface area contributed by atoms with E-state index in [2.05, 4.69) is 40.9 Å². The molecule has 0 bridgehead atoms. The van der Waals surface area contributed by atoms with Gasteiger partial charge in [0.2, 0.25) is 0 Å². The van der Waals surface area contributed by atoms with Crippen LogP contribution < -0.4 is 0 Å². The largest absolute Gasteiger partial charge is 0.365 e. The van der Waals surface area contributed by atoms with Crippen LogP contribution in [0.15, 0.2) is 124 Å². The summed E-state index contributed by atoms with van der Waals surface area (Å²) in [5, 5.41) is 7.19. The number of carbonyl (C=O) groups excluding carboxylic acids is 2. The first-order valence-corrected chi connectivity index (χ1v) is 17.0. The number of halogens is 1. The maximum atomic E-state index is 13.6. The van der Waals surface area contributed by atoms with Gasteiger partial charge in [-0.2, -0.15) is 0 Å². The lowest BCUT2D eigenvalue weighted by atomic mass is 9.92. The number of aryl methyl sites for hydroxylation is 1. The summed E-state index contributed by atoms with van der Waals surface area (Å²) >= 11 is 7.80. The molecule has 1 heterocycles. The molecule has 0 saturated heterocycles. The number of aromatic nitrogens is 1. The summed E-state index contributed by atoms with van der Waals surface area (Å²) in [6, 6.07) is 29.0. The van der Waals surface area contributed by atoms with Gasteiger partial charge in [-0.3, -0.25) is 4.79 Å². The summed E-state index contributed by atoms with van der Waals surface area (Å²) < 4.78 is 2.27. The molecular formula is C39H35ClN2O3S. The Morgan fingerprint density at radius 3 is 2.28 bits per heavy atom. The Labute approximate surface area is 278 Å². The van der Waals surface area contributed by atoms with E-state index in [-0.39, 0.29) is 5.78 Å². The lowest BCUT2D eigenvalue weighted by molar-refractivity contribution is 0.0515. The predicted octanol–water partition coefficient (Wildman–Crippen LogP) is 10.5. The lowest BCUT2D eigenvalue weighted by Gasteiger charge is -2.12. The second-order valence-electron chi connectivity index (χ2n) is 11.4. The molecule has 5 aromatic rings. The molecule has 0 fully saturated rings. The molecule has 6 rings (SSSR count). The van der Waals surface area contributed by atoms with Gasteiger partial charge in [-0.15, -0.1) is 11.8 Å². The number of Topliss-reactive ketones (excluding diaryl/α,β-unsaturated/α-hetero) is 1. The van der Waals surface area contributed by atoms with Crippen LogP contribution in [0.5, 0.6) is 0 Å². The maximum Gasteiger partial charge on any atom is 0.365 e. The molecule has 0 saturated carbocycles. The maximum absolute atomic E-state index is 13.6. The van der Waals surface area contributed by atoms with Crippen LogP contribution in [-0.4, -0.2) is 27.8 Å². The Hall–Kier alpha value is -4.39. The molecule has 46 heavy (non-hydrogen) atoms. The molecule has 1 aliphatic carbocycles. The molecule has 0 aliphatic heterocycles. The zero-order valence-electron chi connectivity index (χ0n) is 26.0. The van der Waals surface area contributed by atoms with Crippen molar-refractivity contribution in [2.75, 3.05) is 5.75 Å². The second kappa shape index (κ2) is 14.4. The molecule has 0 N–H and O–H groups in total. The van der Waals surface area contributed by atoms with Crippen molar-refractivity contribution < 1.29 is 14.4 Å². The fourth-order valence-electron chi connectivity index (χ4n) is 5.90. The van der Waals surface area contributed by atoms with Gasteiger partial charge >= 0.3 is 5.97 Å². The van der Waals surface area contributed by atoms with Crippen LogP contribution >= 0.6 is 23.4 Å². The third kappa shape index (κ3) is 6.88. The first kappa shape index (κ1) is 31.6. The molecule has 0 spiro atoms. The number of carbonyl (C=O) groups is 2. The van der Waals surface area contributed by atoms with Crippen molar-refractivity contribution in [1.29, 1.82) is 0 Å². The van der Waals surface area contributed by atoms with Crippen molar-refractivity contribution in [3.63, 3.8) is 0 Å². The normalized spacial score (nSPS) is 13.5. The Morgan fingerprint density at radius 2 is 1.59 bits per heavy atom. The Balaban J connectivity index is 1.34. The zero-order valence-corrected chi connectivity index (χ0v) is 27.5. The SMILES string of the molecule is CCn1c2ccc(C(=O)C3=C(C)CCC=C3)cc2c2cc(/C(CCCSc3ccc(Cl)cc3)=N/OC(=O)c3ccccc3)ccc21. The molecule has 5 nitrogen and oxygen atoms in total. The molecule has 1 aliphatic rings. The van der Waals surface area contributed by atoms with Crippen LogP contribution in [0.25, 0.3) is 21.8 Å². The van der Waals surface area contributed by atoms with Crippen molar-refractivity contribution in [2.24, 2.45) is 5.16 Å². The Bertz CT molecular complexity index is 2010. The quantitative estimate of drug-likeness (QED) is 0.0358. The van der Waals surface area contributed by atoms with Gasteiger partial charge in [-0.1, -0.05) is 58.7 Å². The highest BCUT2D eigenvalue weighted by Crippen LogP contribution is 2.33. The van der Waals surface area contributed by atoms with Crippen LogP contribution in [0.4, 0.5) is 0 Å². The van der Waals surface area contributed by atoms with Crippen molar-refractivity contribution >= 4 is 62.6 Å². The van der Waals surface area contributed by atoms with Gasteiger partial charge in [-0.25, -0.2) is 4.79 Å². The average Bonchev–Trinajstić information content (AvgIpc) is 3.41. The van der Waals surface area contributed by atoms with Gasteiger partial charge < -0.3 is 9.40 Å². The highest BCUT2D eigenvalue weighted by Gasteiger charge is 2.19. The Morgan fingerprint density at radius 1 is 0.891 bits per heavy atom. The van der Waals surface area contributed by atoms with E-state index in [4.69, 9.17) is 16.4 Å². The summed E-state index contributed by atoms with van der Waals surface area (Å²) in [6.45, 7) is 4.96. The van der Waals surface area contributed by atoms with Gasteiger partial charge in [0.05, 0.1) is 11.3 Å². The van der Waals surface area contributed by atoms with Crippen molar-refractivity contribution in [2.45, 2.75) is 51.0 Å². The minimum Gasteiger partial charge on any atom is -0.341 e. The van der Waals surface area contributed by atoms with Crippen molar-refractivity contribution in [3.8, 4) is 0 Å². The van der Waals surface area contributed by atoms with Gasteiger partial charge in [-0.05, 0) is 112 Å². The number of nitrogens with zero attached hydrogens (tertiary/aromatic N) is 2. The zero-order chi connectivity index (χ0) is 32.0. The van der Waals surface area contributed by atoms with E-state index in [1.807, 2.05) is 61.5 Å². The number of benzene rings is 4. The number of ketones is 1. The molecule has 0 radical (unpaired) electrons. The summed E-state index contributed by atoms with van der Waals surface area (Å²) in [5.74, 6) is 0.416. The first-order chi connectivity index (χ1) is 22.4. The molecule has 0 atom stereocenters. The van der Waals surface area contributed by atoms with E-state index in [0.717, 1.165) is 75.0 Å². The highest BCUT2D eigenvalue weighted by molar-refractivity contribution is 7.99. The number of hydrogen-bond donors (Lipinski definition) is 0. The number of fused-ring (bicyclic) bond motifs is 3. The summed E-state index contributed by atoms with van der Waals surface area (Å²) in [6.07, 6.45) is 7.36. The number of hydrogen-bond acceptors (Lipinski definition) is 5. The predicted molar refractivity (Wildman–Crippen MR) is 190 cm³/mol. The number of oxime groups is 1. The third-order valence-corrected chi connectivity index (χ3v) is 9.69. The van der Waals surface area contributed by atoms with E-state index in [1.54, 1.807) is 36.0 Å². The van der Waals surface area contributed by atoms with Gasteiger partial charge in [0.15, 0.2) is 5.78 Å². The molecule has 4 aromatic carbocycles. The van der Waals surface area contributed by atoms with Crippen LogP contribution in [0.2, 0.25) is 5.02 Å². The average molecular weight is 647 g/mol. The van der Waals surface area contributed by atoms with E-state index in [9.17, 15) is 9.59 Å². The highest BCUT2D eigenvalue weighted by atomic mass is 35.5. The first-order valence-electron chi connectivity index (χ1n) is 15.6. The number of allylic oxidation sites excluding steroid dienone is 4. The van der Waals surface area contributed by atoms with E-state index < -0.39 is 5.97 Å². The standard InChI is InChI=1S/C39H35ClN2O3S/c1-3-42-36-21-15-28(24-33(36)34-25-29(16-22-37(34)42)38(43)32-13-8-7-10-26(32)2)35(41-45-39(44)27-11-5-4-6-12-27)14-9-23-46-31-19-17-30(40)18-20-31/h4-6,8,11-13,15-22,24-25H,3,7,9-10,14,23H2,1-2H3/b41-35+. The van der Waals surface area contributed by atoms with Crippen LogP contribution in [0, 0.1) is 0 Å². The summed E-state index contributed by atoms with van der Waals surface area (Å²) in [5.41, 5.74) is 6.77. The topological polar surface area (TPSA) is 60.7 Å². The van der Waals surface area contributed by atoms with E-state index >= 15 is 0 Å². The monoisotopic (exact) mass is 646 g/mol. The van der Waals surface area contributed by atoms with Gasteiger partial charge in [0.1, 0.15) is 0 Å². The molecule has 0 unspecified atom stereocenters.